The fraction of sp³-hybridized carbons (Fsp3) is 0.409. The number of nitrogens with one attached hydrogen (secondary N) is 2. The molecule has 0 saturated heterocycles. The molecule has 2 rings (SSSR count). The van der Waals surface area contributed by atoms with Crippen molar-refractivity contribution in [3.63, 3.8) is 0 Å². The summed E-state index contributed by atoms with van der Waals surface area (Å²) in [5, 5.41) is 6.49. The monoisotopic (exact) mass is 413 g/mol. The number of aliphatic imine (C=N–C) groups is 1. The van der Waals surface area contributed by atoms with E-state index in [0.29, 0.717) is 31.0 Å². The lowest BCUT2D eigenvalue weighted by molar-refractivity contribution is -0.127. The highest BCUT2D eigenvalue weighted by Crippen LogP contribution is 2.07. The molecular formula is C22H31N5O3. The van der Waals surface area contributed by atoms with Crippen LogP contribution < -0.4 is 10.6 Å². The zero-order valence-corrected chi connectivity index (χ0v) is 18.1. The van der Waals surface area contributed by atoms with Crippen molar-refractivity contribution in [2.75, 3.05) is 47.8 Å². The largest absolute Gasteiger partial charge is 0.469 e. The number of furan rings is 1. The van der Waals surface area contributed by atoms with Crippen LogP contribution in [-0.4, -0.2) is 75.4 Å². The molecule has 0 fully saturated rings. The summed E-state index contributed by atoms with van der Waals surface area (Å²) in [5.41, 5.74) is 1.72. The van der Waals surface area contributed by atoms with E-state index >= 15 is 0 Å². The van der Waals surface area contributed by atoms with E-state index in [-0.39, 0.29) is 18.4 Å². The SMILES string of the molecule is CN(C)C(=O)CN=C(NCCc1cccc(C(=O)N(C)C)c1)NCCc1ccco1. The Kier molecular flexibility index (Phi) is 8.93. The Morgan fingerprint density at radius 1 is 0.967 bits per heavy atom. The van der Waals surface area contributed by atoms with E-state index in [9.17, 15) is 9.59 Å². The first kappa shape index (κ1) is 23.0. The number of benzene rings is 1. The van der Waals surface area contributed by atoms with Crippen molar-refractivity contribution >= 4 is 17.8 Å². The van der Waals surface area contributed by atoms with Gasteiger partial charge < -0.3 is 24.9 Å². The van der Waals surface area contributed by atoms with Gasteiger partial charge in [0, 0.05) is 53.3 Å². The lowest BCUT2D eigenvalue weighted by atomic mass is 10.1. The third-order valence-electron chi connectivity index (χ3n) is 4.40. The van der Waals surface area contributed by atoms with E-state index in [1.165, 1.54) is 4.90 Å². The van der Waals surface area contributed by atoms with Crippen LogP contribution in [0.4, 0.5) is 0 Å². The van der Waals surface area contributed by atoms with Gasteiger partial charge in [0.05, 0.1) is 6.26 Å². The minimum atomic E-state index is -0.0722. The smallest absolute Gasteiger partial charge is 0.253 e. The topological polar surface area (TPSA) is 90.2 Å². The Balaban J connectivity index is 1.92. The molecule has 0 saturated carbocycles. The molecule has 0 aliphatic rings. The van der Waals surface area contributed by atoms with Crippen LogP contribution in [0.15, 0.2) is 52.1 Å². The Labute approximate surface area is 177 Å². The number of hydrogen-bond acceptors (Lipinski definition) is 4. The average Bonchev–Trinajstić information content (AvgIpc) is 3.24. The molecule has 0 aliphatic carbocycles. The third kappa shape index (κ3) is 7.62. The van der Waals surface area contributed by atoms with Gasteiger partial charge in [-0.15, -0.1) is 0 Å². The number of carbonyl (C=O) groups excluding carboxylic acids is 2. The van der Waals surface area contributed by atoms with Crippen LogP contribution in [-0.2, 0) is 17.6 Å². The maximum absolute atomic E-state index is 12.1. The normalized spacial score (nSPS) is 11.1. The van der Waals surface area contributed by atoms with Crippen molar-refractivity contribution in [3.05, 3.63) is 59.5 Å². The molecule has 2 N–H and O–H groups in total. The summed E-state index contributed by atoms with van der Waals surface area (Å²) in [6.07, 6.45) is 3.08. The quantitative estimate of drug-likeness (QED) is 0.479. The second-order valence-electron chi connectivity index (χ2n) is 7.29. The molecule has 0 spiro atoms. The van der Waals surface area contributed by atoms with Crippen LogP contribution >= 0.6 is 0 Å². The first-order valence-electron chi connectivity index (χ1n) is 9.92. The van der Waals surface area contributed by atoms with Crippen LogP contribution in [0, 0.1) is 0 Å². The van der Waals surface area contributed by atoms with Crippen molar-refractivity contribution in [2.45, 2.75) is 12.8 Å². The van der Waals surface area contributed by atoms with Crippen LogP contribution in [0.5, 0.6) is 0 Å². The van der Waals surface area contributed by atoms with Gasteiger partial charge in [0.1, 0.15) is 12.3 Å². The molecule has 2 amide bonds. The predicted molar refractivity (Wildman–Crippen MR) is 118 cm³/mol. The van der Waals surface area contributed by atoms with Crippen LogP contribution in [0.3, 0.4) is 0 Å². The maximum atomic E-state index is 12.1. The number of rotatable bonds is 9. The lowest BCUT2D eigenvalue weighted by Gasteiger charge is -2.14. The van der Waals surface area contributed by atoms with Crippen LogP contribution in [0.2, 0.25) is 0 Å². The molecule has 0 unspecified atom stereocenters. The van der Waals surface area contributed by atoms with Gasteiger partial charge in [-0.3, -0.25) is 9.59 Å². The summed E-state index contributed by atoms with van der Waals surface area (Å²) in [5.74, 6) is 1.36. The number of guanidine groups is 1. The van der Waals surface area contributed by atoms with Crippen LogP contribution in [0.1, 0.15) is 21.7 Å². The fourth-order valence-electron chi connectivity index (χ4n) is 2.66. The van der Waals surface area contributed by atoms with E-state index < -0.39 is 0 Å². The zero-order chi connectivity index (χ0) is 21.9. The molecule has 1 aromatic heterocycles. The van der Waals surface area contributed by atoms with E-state index in [0.717, 1.165) is 17.7 Å². The predicted octanol–water partition coefficient (Wildman–Crippen LogP) is 1.39. The standard InChI is InChI=1S/C22H31N5O3/c1-26(2)20(28)16-25-22(24-13-11-19-9-6-14-30-19)23-12-10-17-7-5-8-18(15-17)21(29)27(3)4/h5-9,14-15H,10-13,16H2,1-4H3,(H2,23,24,25). The Morgan fingerprint density at radius 3 is 2.33 bits per heavy atom. The minimum absolute atomic E-state index is 0.0196. The summed E-state index contributed by atoms with van der Waals surface area (Å²) < 4.78 is 5.34. The van der Waals surface area contributed by atoms with Crippen LogP contribution in [0.25, 0.3) is 0 Å². The first-order chi connectivity index (χ1) is 14.4. The van der Waals surface area contributed by atoms with Crippen molar-refractivity contribution in [1.29, 1.82) is 0 Å². The van der Waals surface area contributed by atoms with E-state index in [4.69, 9.17) is 4.42 Å². The number of amides is 2. The van der Waals surface area contributed by atoms with E-state index in [1.807, 2.05) is 36.4 Å². The molecule has 0 atom stereocenters. The zero-order valence-electron chi connectivity index (χ0n) is 18.1. The van der Waals surface area contributed by atoms with Crippen molar-refractivity contribution in [1.82, 2.24) is 20.4 Å². The molecule has 0 radical (unpaired) electrons. The number of hydrogen-bond donors (Lipinski definition) is 2. The summed E-state index contributed by atoms with van der Waals surface area (Å²) >= 11 is 0. The summed E-state index contributed by atoms with van der Waals surface area (Å²) in [6.45, 7) is 1.31. The third-order valence-corrected chi connectivity index (χ3v) is 4.40. The molecule has 2 aromatic rings. The van der Waals surface area contributed by atoms with Gasteiger partial charge in [-0.25, -0.2) is 4.99 Å². The highest BCUT2D eigenvalue weighted by atomic mass is 16.3. The molecule has 162 valence electrons. The van der Waals surface area contributed by atoms with Crippen molar-refractivity contribution < 1.29 is 14.0 Å². The molecule has 1 aromatic carbocycles. The molecule has 1 heterocycles. The molecule has 8 nitrogen and oxygen atoms in total. The maximum Gasteiger partial charge on any atom is 0.253 e. The lowest BCUT2D eigenvalue weighted by Crippen LogP contribution is -2.40. The number of nitrogens with zero attached hydrogens (tertiary/aromatic N) is 3. The van der Waals surface area contributed by atoms with Crippen molar-refractivity contribution in [2.24, 2.45) is 4.99 Å². The molecular weight excluding hydrogens is 382 g/mol. The molecule has 0 bridgehead atoms. The van der Waals surface area contributed by atoms with Gasteiger partial charge >= 0.3 is 0 Å². The van der Waals surface area contributed by atoms with Gasteiger partial charge in [-0.05, 0) is 36.2 Å². The molecule has 0 aliphatic heterocycles. The van der Waals surface area contributed by atoms with E-state index in [2.05, 4.69) is 15.6 Å². The Hall–Kier alpha value is -3.29. The second kappa shape index (κ2) is 11.6. The average molecular weight is 414 g/mol. The van der Waals surface area contributed by atoms with Gasteiger partial charge in [0.2, 0.25) is 5.91 Å². The van der Waals surface area contributed by atoms with Crippen molar-refractivity contribution in [3.8, 4) is 0 Å². The highest BCUT2D eigenvalue weighted by molar-refractivity contribution is 5.94. The number of likely N-dealkylation sites (N-methyl/N-ethyl adjacent to an activating group) is 1. The first-order valence-corrected chi connectivity index (χ1v) is 9.92. The minimum Gasteiger partial charge on any atom is -0.469 e. The number of carbonyl (C=O) groups is 2. The highest BCUT2D eigenvalue weighted by Gasteiger charge is 2.09. The van der Waals surface area contributed by atoms with Gasteiger partial charge in [0.25, 0.3) is 5.91 Å². The van der Waals surface area contributed by atoms with Gasteiger partial charge in [-0.1, -0.05) is 12.1 Å². The van der Waals surface area contributed by atoms with Gasteiger partial charge in [-0.2, -0.15) is 0 Å². The molecule has 30 heavy (non-hydrogen) atoms. The summed E-state index contributed by atoms with van der Waals surface area (Å²) in [4.78, 5) is 31.5. The molecule has 8 heteroatoms. The fourth-order valence-corrected chi connectivity index (χ4v) is 2.66. The summed E-state index contributed by atoms with van der Waals surface area (Å²) in [7, 11) is 6.89. The Bertz CT molecular complexity index is 844. The van der Waals surface area contributed by atoms with Gasteiger partial charge in [0.15, 0.2) is 5.96 Å². The Morgan fingerprint density at radius 2 is 1.70 bits per heavy atom. The van der Waals surface area contributed by atoms with E-state index in [1.54, 1.807) is 39.4 Å². The second-order valence-corrected chi connectivity index (χ2v) is 7.29. The summed E-state index contributed by atoms with van der Waals surface area (Å²) in [6, 6.07) is 11.4.